The van der Waals surface area contributed by atoms with E-state index in [9.17, 15) is 23.2 Å². The van der Waals surface area contributed by atoms with Crippen molar-refractivity contribution in [2.24, 2.45) is 0 Å². The maximum Gasteiger partial charge on any atom is 0.387 e. The number of nitrogens with one attached hydrogen (secondary N) is 2. The third-order valence-electron chi connectivity index (χ3n) is 4.40. The van der Waals surface area contributed by atoms with E-state index in [4.69, 9.17) is 4.74 Å². The minimum absolute atomic E-state index is 0.0302. The average molecular weight is 405 g/mol. The molecule has 1 unspecified atom stereocenters. The van der Waals surface area contributed by atoms with Crippen molar-refractivity contribution >= 4 is 17.8 Å². The molecule has 1 aliphatic rings. The van der Waals surface area contributed by atoms with Gasteiger partial charge < -0.3 is 14.8 Å². The van der Waals surface area contributed by atoms with Crippen LogP contribution in [0, 0.1) is 0 Å². The third-order valence-corrected chi connectivity index (χ3v) is 4.40. The molecule has 2 aromatic rings. The molecule has 0 saturated carbocycles. The highest BCUT2D eigenvalue weighted by Gasteiger charge is 2.50. The number of benzene rings is 2. The van der Waals surface area contributed by atoms with Crippen LogP contribution in [-0.2, 0) is 10.3 Å². The summed E-state index contributed by atoms with van der Waals surface area (Å²) >= 11 is 0. The number of carbonyl (C=O) groups excluding carboxylic acids is 3. The van der Waals surface area contributed by atoms with E-state index in [1.165, 1.54) is 20.1 Å². The van der Waals surface area contributed by atoms with Crippen LogP contribution in [0.2, 0.25) is 0 Å². The molecule has 3 rings (SSSR count). The van der Waals surface area contributed by atoms with E-state index >= 15 is 0 Å². The Morgan fingerprint density at radius 3 is 2.45 bits per heavy atom. The molecule has 0 spiro atoms. The van der Waals surface area contributed by atoms with Gasteiger partial charge in [0.15, 0.2) is 11.5 Å². The molecule has 0 aromatic heterocycles. The lowest BCUT2D eigenvalue weighted by molar-refractivity contribution is -0.132. The van der Waals surface area contributed by atoms with Crippen LogP contribution < -0.4 is 20.2 Å². The van der Waals surface area contributed by atoms with Crippen molar-refractivity contribution in [2.45, 2.75) is 19.1 Å². The third kappa shape index (κ3) is 3.82. The van der Waals surface area contributed by atoms with Gasteiger partial charge in [-0.15, -0.1) is 0 Å². The van der Waals surface area contributed by atoms with E-state index in [0.29, 0.717) is 10.6 Å². The predicted octanol–water partition coefficient (Wildman–Crippen LogP) is 2.41. The zero-order valence-electron chi connectivity index (χ0n) is 15.4. The van der Waals surface area contributed by atoms with Gasteiger partial charge in [-0.05, 0) is 30.7 Å². The number of alkyl halides is 2. The first-order valence-corrected chi connectivity index (χ1v) is 8.42. The Morgan fingerprint density at radius 2 is 1.83 bits per heavy atom. The van der Waals surface area contributed by atoms with Crippen molar-refractivity contribution < 1.29 is 32.6 Å². The van der Waals surface area contributed by atoms with Crippen molar-refractivity contribution in [3.8, 4) is 11.5 Å². The molecule has 1 heterocycles. The molecule has 1 aliphatic heterocycles. The summed E-state index contributed by atoms with van der Waals surface area (Å²) in [5.74, 6) is -1.85. The fourth-order valence-electron chi connectivity index (χ4n) is 2.88. The quantitative estimate of drug-likeness (QED) is 0.720. The van der Waals surface area contributed by atoms with Crippen LogP contribution in [0.15, 0.2) is 48.5 Å². The van der Waals surface area contributed by atoms with Crippen molar-refractivity contribution in [3.05, 3.63) is 59.7 Å². The highest BCUT2D eigenvalue weighted by Crippen LogP contribution is 2.30. The lowest BCUT2D eigenvalue weighted by atomic mass is 9.92. The summed E-state index contributed by atoms with van der Waals surface area (Å²) in [5.41, 5.74) is 1.39. The SMILES string of the molecule is COc1cc(C(=O)NN2C(=O)NC(C)(c3ccccc3)C2=O)ccc1OC(F)F. The largest absolute Gasteiger partial charge is 0.493 e. The van der Waals surface area contributed by atoms with Gasteiger partial charge in [-0.1, -0.05) is 30.3 Å². The number of rotatable bonds is 6. The Kier molecular flexibility index (Phi) is 5.35. The Hall–Kier alpha value is -3.69. The molecule has 0 aliphatic carbocycles. The van der Waals surface area contributed by atoms with Crippen LogP contribution in [0.1, 0.15) is 22.8 Å². The summed E-state index contributed by atoms with van der Waals surface area (Å²) in [6.45, 7) is -1.54. The van der Waals surface area contributed by atoms with Gasteiger partial charge in [0, 0.05) is 5.56 Å². The molecule has 29 heavy (non-hydrogen) atoms. The number of imide groups is 1. The molecule has 2 N–H and O–H groups in total. The minimum Gasteiger partial charge on any atom is -0.493 e. The molecule has 10 heteroatoms. The summed E-state index contributed by atoms with van der Waals surface area (Å²) in [5, 5.41) is 3.13. The van der Waals surface area contributed by atoms with Gasteiger partial charge in [0.25, 0.3) is 11.8 Å². The van der Waals surface area contributed by atoms with Crippen molar-refractivity contribution in [3.63, 3.8) is 0 Å². The number of carbonyl (C=O) groups is 3. The van der Waals surface area contributed by atoms with Crippen LogP contribution in [-0.4, -0.2) is 36.6 Å². The molecule has 4 amide bonds. The van der Waals surface area contributed by atoms with Crippen molar-refractivity contribution in [2.75, 3.05) is 7.11 Å². The van der Waals surface area contributed by atoms with Crippen molar-refractivity contribution in [1.29, 1.82) is 0 Å². The first kappa shape index (κ1) is 20.1. The summed E-state index contributed by atoms with van der Waals surface area (Å²) < 4.78 is 34.1. The lowest BCUT2D eigenvalue weighted by Gasteiger charge is -2.22. The Morgan fingerprint density at radius 1 is 1.14 bits per heavy atom. The predicted molar refractivity (Wildman–Crippen MR) is 96.3 cm³/mol. The first-order chi connectivity index (χ1) is 13.8. The number of methoxy groups -OCH3 is 1. The van der Waals surface area contributed by atoms with Gasteiger partial charge in [0.1, 0.15) is 5.54 Å². The van der Waals surface area contributed by atoms with Gasteiger partial charge in [-0.2, -0.15) is 13.8 Å². The van der Waals surface area contributed by atoms with E-state index in [-0.39, 0.29) is 17.1 Å². The Bertz CT molecular complexity index is 954. The van der Waals surface area contributed by atoms with E-state index < -0.39 is 30.0 Å². The molecule has 1 atom stereocenters. The van der Waals surface area contributed by atoms with E-state index in [1.807, 2.05) is 0 Å². The lowest BCUT2D eigenvalue weighted by Crippen LogP contribution is -2.47. The van der Waals surface area contributed by atoms with Gasteiger partial charge in [-0.25, -0.2) is 4.79 Å². The number of urea groups is 1. The van der Waals surface area contributed by atoms with Crippen molar-refractivity contribution in [1.82, 2.24) is 15.8 Å². The zero-order valence-corrected chi connectivity index (χ0v) is 15.4. The molecule has 0 radical (unpaired) electrons. The Balaban J connectivity index is 1.80. The second-order valence-electron chi connectivity index (χ2n) is 6.25. The molecular weight excluding hydrogens is 388 g/mol. The number of ether oxygens (including phenoxy) is 2. The number of nitrogens with zero attached hydrogens (tertiary/aromatic N) is 1. The van der Waals surface area contributed by atoms with E-state index in [0.717, 1.165) is 12.1 Å². The average Bonchev–Trinajstić information content (AvgIpc) is 2.92. The molecular formula is C19H17F2N3O5. The zero-order chi connectivity index (χ0) is 21.2. The second-order valence-corrected chi connectivity index (χ2v) is 6.25. The molecule has 1 saturated heterocycles. The highest BCUT2D eigenvalue weighted by atomic mass is 19.3. The number of hydrogen-bond donors (Lipinski definition) is 2. The highest BCUT2D eigenvalue weighted by molar-refractivity contribution is 6.09. The molecule has 8 nitrogen and oxygen atoms in total. The standard InChI is InChI=1S/C19H17F2N3O5/c1-19(12-6-4-3-5-7-12)16(26)24(18(27)22-19)23-15(25)11-8-9-13(29-17(20)21)14(10-11)28-2/h3-10,17H,1-2H3,(H,22,27)(H,23,25). The second kappa shape index (κ2) is 7.74. The Labute approximate surface area is 164 Å². The molecule has 2 aromatic carbocycles. The maximum absolute atomic E-state index is 12.8. The molecule has 0 bridgehead atoms. The summed E-state index contributed by atoms with van der Waals surface area (Å²) in [7, 11) is 1.22. The van der Waals surface area contributed by atoms with Crippen LogP contribution >= 0.6 is 0 Å². The number of amides is 4. The smallest absolute Gasteiger partial charge is 0.387 e. The van der Waals surface area contributed by atoms with Gasteiger partial charge in [0.2, 0.25) is 0 Å². The van der Waals surface area contributed by atoms with Gasteiger partial charge >= 0.3 is 12.6 Å². The summed E-state index contributed by atoms with van der Waals surface area (Å²) in [6, 6.07) is 11.2. The van der Waals surface area contributed by atoms with Crippen LogP contribution in [0.3, 0.4) is 0 Å². The first-order valence-electron chi connectivity index (χ1n) is 8.42. The van der Waals surface area contributed by atoms with Gasteiger partial charge in [-0.3, -0.25) is 15.0 Å². The topological polar surface area (TPSA) is 97.0 Å². The van der Waals surface area contributed by atoms with E-state index in [2.05, 4.69) is 15.5 Å². The monoisotopic (exact) mass is 405 g/mol. The number of hydrogen-bond acceptors (Lipinski definition) is 5. The minimum atomic E-state index is -3.06. The van der Waals surface area contributed by atoms with E-state index in [1.54, 1.807) is 30.3 Å². The molecule has 1 fully saturated rings. The summed E-state index contributed by atoms with van der Waals surface area (Å²) in [6.07, 6.45) is 0. The fourth-order valence-corrected chi connectivity index (χ4v) is 2.88. The van der Waals surface area contributed by atoms with Gasteiger partial charge in [0.05, 0.1) is 7.11 Å². The maximum atomic E-state index is 12.8. The normalized spacial score (nSPS) is 18.6. The fraction of sp³-hybridized carbons (Fsp3) is 0.211. The van der Waals surface area contributed by atoms with Crippen LogP contribution in [0.4, 0.5) is 13.6 Å². The number of hydrazine groups is 1. The van der Waals surface area contributed by atoms with Crippen LogP contribution in [0.5, 0.6) is 11.5 Å². The summed E-state index contributed by atoms with van der Waals surface area (Å²) in [4.78, 5) is 37.6. The number of halogens is 2. The van der Waals surface area contributed by atoms with Crippen LogP contribution in [0.25, 0.3) is 0 Å². The molecule has 152 valence electrons.